The number of rotatable bonds is 2. The van der Waals surface area contributed by atoms with Crippen LogP contribution in [0.1, 0.15) is 34.3 Å². The summed E-state index contributed by atoms with van der Waals surface area (Å²) in [5, 5.41) is 3.65. The zero-order valence-electron chi connectivity index (χ0n) is 11.5. The molecule has 3 rings (SSSR count). The zero-order chi connectivity index (χ0) is 14.8. The predicted molar refractivity (Wildman–Crippen MR) is 87.5 cm³/mol. The molecule has 0 aromatic heterocycles. The van der Waals surface area contributed by atoms with Gasteiger partial charge in [0.15, 0.2) is 0 Å². The maximum Gasteiger partial charge on any atom is 0.257 e. The van der Waals surface area contributed by atoms with Crippen LogP contribution in [-0.2, 0) is 12.8 Å². The van der Waals surface area contributed by atoms with Crippen LogP contribution in [0.4, 0.5) is 5.69 Å². The highest BCUT2D eigenvalue weighted by Crippen LogP contribution is 2.30. The lowest BCUT2D eigenvalue weighted by molar-refractivity contribution is 0.102. The molecule has 0 saturated carbocycles. The van der Waals surface area contributed by atoms with E-state index in [1.54, 1.807) is 18.2 Å². The van der Waals surface area contributed by atoms with Crippen LogP contribution in [0.5, 0.6) is 0 Å². The van der Waals surface area contributed by atoms with Crippen molar-refractivity contribution in [1.82, 2.24) is 0 Å². The summed E-state index contributed by atoms with van der Waals surface area (Å²) in [5.41, 5.74) is 3.86. The maximum atomic E-state index is 12.4. The van der Waals surface area contributed by atoms with Crippen LogP contribution in [0.25, 0.3) is 0 Å². The van der Waals surface area contributed by atoms with Gasteiger partial charge in [-0.05, 0) is 55.0 Å². The van der Waals surface area contributed by atoms with E-state index in [9.17, 15) is 4.79 Å². The predicted octanol–water partition coefficient (Wildman–Crippen LogP) is 5.12. The van der Waals surface area contributed by atoms with E-state index in [4.69, 9.17) is 23.2 Å². The molecule has 2 nitrogen and oxygen atoms in total. The molecule has 0 aliphatic heterocycles. The van der Waals surface area contributed by atoms with E-state index in [2.05, 4.69) is 11.4 Å². The van der Waals surface area contributed by atoms with Crippen LogP contribution < -0.4 is 5.32 Å². The second-order valence-electron chi connectivity index (χ2n) is 5.21. The van der Waals surface area contributed by atoms with Crippen molar-refractivity contribution in [1.29, 1.82) is 0 Å². The van der Waals surface area contributed by atoms with Crippen LogP contribution in [0.15, 0.2) is 36.4 Å². The Bertz CT molecular complexity index is 697. The first-order valence-corrected chi connectivity index (χ1v) is 7.78. The minimum Gasteiger partial charge on any atom is -0.322 e. The first kappa shape index (κ1) is 14.4. The third-order valence-electron chi connectivity index (χ3n) is 3.84. The van der Waals surface area contributed by atoms with Gasteiger partial charge >= 0.3 is 0 Å². The second-order valence-corrected chi connectivity index (χ2v) is 5.99. The number of carbonyl (C=O) groups is 1. The minimum absolute atomic E-state index is 0.221. The van der Waals surface area contributed by atoms with E-state index in [0.717, 1.165) is 24.9 Å². The van der Waals surface area contributed by atoms with Crippen molar-refractivity contribution in [2.24, 2.45) is 0 Å². The second kappa shape index (κ2) is 6.08. The Hall–Kier alpha value is -1.51. The normalized spacial score (nSPS) is 13.6. The molecular formula is C17H15Cl2NO. The first-order valence-electron chi connectivity index (χ1n) is 7.03. The largest absolute Gasteiger partial charge is 0.322 e. The van der Waals surface area contributed by atoms with Gasteiger partial charge in [0.05, 0.1) is 15.6 Å². The number of anilines is 1. The molecule has 0 saturated heterocycles. The van der Waals surface area contributed by atoms with Crippen molar-refractivity contribution >= 4 is 34.8 Å². The van der Waals surface area contributed by atoms with Crippen molar-refractivity contribution in [3.8, 4) is 0 Å². The molecule has 0 fully saturated rings. The van der Waals surface area contributed by atoms with Crippen LogP contribution in [0.2, 0.25) is 10.0 Å². The average molecular weight is 320 g/mol. The standard InChI is InChI=1S/C17H15Cl2NO/c18-14-9-4-8-13(16(14)19)17(21)20-15-10-3-6-11-5-1-2-7-12(11)15/h3-4,6,8-10H,1-2,5,7H2,(H,20,21). The topological polar surface area (TPSA) is 29.1 Å². The highest BCUT2D eigenvalue weighted by atomic mass is 35.5. The fourth-order valence-electron chi connectivity index (χ4n) is 2.77. The number of halogens is 2. The summed E-state index contributed by atoms with van der Waals surface area (Å²) in [6, 6.07) is 11.1. The smallest absolute Gasteiger partial charge is 0.257 e. The third-order valence-corrected chi connectivity index (χ3v) is 4.66. The van der Waals surface area contributed by atoms with Gasteiger partial charge in [0.25, 0.3) is 5.91 Å². The van der Waals surface area contributed by atoms with Crippen LogP contribution >= 0.6 is 23.2 Å². The number of nitrogens with one attached hydrogen (secondary N) is 1. The summed E-state index contributed by atoms with van der Waals surface area (Å²) in [6.07, 6.45) is 4.47. The van der Waals surface area contributed by atoms with E-state index in [0.29, 0.717) is 15.6 Å². The molecule has 2 aromatic rings. The van der Waals surface area contributed by atoms with Crippen LogP contribution in [0, 0.1) is 0 Å². The molecule has 0 heterocycles. The molecule has 1 amide bonds. The van der Waals surface area contributed by atoms with E-state index < -0.39 is 0 Å². The molecule has 1 aliphatic carbocycles. The Labute approximate surface area is 134 Å². The van der Waals surface area contributed by atoms with Crippen molar-refractivity contribution in [2.75, 3.05) is 5.32 Å². The van der Waals surface area contributed by atoms with Gasteiger partial charge in [-0.2, -0.15) is 0 Å². The number of aryl methyl sites for hydroxylation is 1. The number of hydrogen-bond donors (Lipinski definition) is 1. The number of hydrogen-bond acceptors (Lipinski definition) is 1. The molecular weight excluding hydrogens is 305 g/mol. The lowest BCUT2D eigenvalue weighted by Crippen LogP contribution is -2.15. The lowest BCUT2D eigenvalue weighted by Gasteiger charge is -2.19. The highest BCUT2D eigenvalue weighted by molar-refractivity contribution is 6.44. The fraction of sp³-hybridized carbons (Fsp3) is 0.235. The Morgan fingerprint density at radius 1 is 1.00 bits per heavy atom. The van der Waals surface area contributed by atoms with Gasteiger partial charge in [0, 0.05) is 5.69 Å². The number of benzene rings is 2. The van der Waals surface area contributed by atoms with Crippen LogP contribution in [0.3, 0.4) is 0 Å². The van der Waals surface area contributed by atoms with Gasteiger partial charge in [-0.1, -0.05) is 41.4 Å². The number of carbonyl (C=O) groups excluding carboxylic acids is 1. The summed E-state index contributed by atoms with van der Waals surface area (Å²) in [6.45, 7) is 0. The van der Waals surface area contributed by atoms with Crippen molar-refractivity contribution in [2.45, 2.75) is 25.7 Å². The third kappa shape index (κ3) is 2.92. The van der Waals surface area contributed by atoms with Gasteiger partial charge in [0.2, 0.25) is 0 Å². The van der Waals surface area contributed by atoms with Crippen molar-refractivity contribution in [3.63, 3.8) is 0 Å². The summed E-state index contributed by atoms with van der Waals surface area (Å²) < 4.78 is 0. The van der Waals surface area contributed by atoms with Gasteiger partial charge in [-0.25, -0.2) is 0 Å². The molecule has 0 bridgehead atoms. The van der Waals surface area contributed by atoms with Gasteiger partial charge < -0.3 is 5.32 Å². The highest BCUT2D eigenvalue weighted by Gasteiger charge is 2.17. The summed E-state index contributed by atoms with van der Waals surface area (Å²) in [5.74, 6) is -0.221. The maximum absolute atomic E-state index is 12.4. The van der Waals surface area contributed by atoms with Gasteiger partial charge in [-0.3, -0.25) is 4.79 Å². The Morgan fingerprint density at radius 3 is 2.62 bits per heavy atom. The summed E-state index contributed by atoms with van der Waals surface area (Å²) in [4.78, 5) is 12.4. The molecule has 0 unspecified atom stereocenters. The zero-order valence-corrected chi connectivity index (χ0v) is 13.0. The molecule has 0 atom stereocenters. The Morgan fingerprint density at radius 2 is 1.76 bits per heavy atom. The van der Waals surface area contributed by atoms with Gasteiger partial charge in [-0.15, -0.1) is 0 Å². The first-order chi connectivity index (χ1) is 10.2. The number of amides is 1. The van der Waals surface area contributed by atoms with Crippen LogP contribution in [-0.4, -0.2) is 5.91 Å². The van der Waals surface area contributed by atoms with E-state index in [-0.39, 0.29) is 5.91 Å². The van der Waals surface area contributed by atoms with E-state index in [1.165, 1.54) is 17.5 Å². The number of fused-ring (bicyclic) bond motifs is 1. The quantitative estimate of drug-likeness (QED) is 0.817. The molecule has 0 radical (unpaired) electrons. The molecule has 21 heavy (non-hydrogen) atoms. The minimum atomic E-state index is -0.221. The summed E-state index contributed by atoms with van der Waals surface area (Å²) >= 11 is 12.1. The SMILES string of the molecule is O=C(Nc1cccc2c1CCCC2)c1cccc(Cl)c1Cl. The van der Waals surface area contributed by atoms with Crippen molar-refractivity contribution in [3.05, 3.63) is 63.1 Å². The fourth-order valence-corrected chi connectivity index (χ4v) is 3.15. The molecule has 1 aliphatic rings. The van der Waals surface area contributed by atoms with Crippen molar-refractivity contribution < 1.29 is 4.79 Å². The molecule has 0 spiro atoms. The molecule has 108 valence electrons. The molecule has 2 aromatic carbocycles. The molecule has 4 heteroatoms. The Balaban J connectivity index is 1.90. The Kier molecular flexibility index (Phi) is 4.18. The lowest BCUT2D eigenvalue weighted by atomic mass is 9.90. The van der Waals surface area contributed by atoms with E-state index >= 15 is 0 Å². The summed E-state index contributed by atoms with van der Waals surface area (Å²) in [7, 11) is 0. The van der Waals surface area contributed by atoms with Gasteiger partial charge in [0.1, 0.15) is 0 Å². The average Bonchev–Trinajstić information content (AvgIpc) is 2.50. The van der Waals surface area contributed by atoms with E-state index in [1.807, 2.05) is 12.1 Å². The molecule has 1 N–H and O–H groups in total. The monoisotopic (exact) mass is 319 g/mol.